The van der Waals surface area contributed by atoms with Crippen molar-refractivity contribution in [3.63, 3.8) is 0 Å². The Morgan fingerprint density at radius 1 is 1.10 bits per heavy atom. The fourth-order valence-electron chi connectivity index (χ4n) is 2.45. The van der Waals surface area contributed by atoms with Crippen LogP contribution in [-0.2, 0) is 4.79 Å². The predicted molar refractivity (Wildman–Crippen MR) is 123 cm³/mol. The Hall–Kier alpha value is -2.20. The predicted octanol–water partition coefficient (Wildman–Crippen LogP) is 5.64. The topological polar surface area (TPSA) is 85.4 Å². The molecule has 2 aromatic carbocycles. The van der Waals surface area contributed by atoms with Gasteiger partial charge in [-0.25, -0.2) is 0 Å². The molecule has 1 heterocycles. The number of nitrogens with zero attached hydrogens (tertiary/aromatic N) is 2. The van der Waals surface area contributed by atoms with Crippen molar-refractivity contribution in [1.29, 1.82) is 0 Å². The molecule has 0 radical (unpaired) electrons. The van der Waals surface area contributed by atoms with E-state index in [1.165, 1.54) is 37.3 Å². The molecule has 0 saturated heterocycles. The zero-order chi connectivity index (χ0) is 21.7. The Bertz CT molecular complexity index is 1060. The number of carbonyl (C=O) groups excluding carboxylic acids is 1. The van der Waals surface area contributed by atoms with Gasteiger partial charge in [0.15, 0.2) is 4.34 Å². The molecule has 0 bridgehead atoms. The van der Waals surface area contributed by atoms with Crippen LogP contribution in [0.3, 0.4) is 0 Å². The van der Waals surface area contributed by atoms with E-state index in [0.29, 0.717) is 36.7 Å². The lowest BCUT2D eigenvalue weighted by molar-refractivity contribution is -0.113. The summed E-state index contributed by atoms with van der Waals surface area (Å²) < 4.78 is 11.1. The molecule has 7 nitrogen and oxygen atoms in total. The number of ether oxygens (including phenoxy) is 2. The fourth-order valence-corrected chi connectivity index (χ4v) is 4.43. The maximum Gasteiger partial charge on any atom is 0.234 e. The number of nitrogens with one attached hydrogen (secondary N) is 2. The summed E-state index contributed by atoms with van der Waals surface area (Å²) in [6.07, 6.45) is 0. The molecule has 0 fully saturated rings. The van der Waals surface area contributed by atoms with E-state index in [1.807, 2.05) is 25.1 Å². The van der Waals surface area contributed by atoms with Crippen molar-refractivity contribution in [2.75, 3.05) is 30.6 Å². The zero-order valence-corrected chi connectivity index (χ0v) is 19.4. The molecule has 0 spiro atoms. The number of methoxy groups -OCH3 is 2. The molecule has 11 heteroatoms. The number of thioether (sulfide) groups is 1. The minimum absolute atomic E-state index is 0.150. The number of aromatic nitrogens is 2. The summed E-state index contributed by atoms with van der Waals surface area (Å²) in [5, 5.41) is 15.9. The highest BCUT2D eigenvalue weighted by Crippen LogP contribution is 2.36. The van der Waals surface area contributed by atoms with E-state index < -0.39 is 0 Å². The van der Waals surface area contributed by atoms with Crippen molar-refractivity contribution in [3.8, 4) is 11.5 Å². The quantitative estimate of drug-likeness (QED) is 0.399. The number of hydrogen-bond donors (Lipinski definition) is 2. The van der Waals surface area contributed by atoms with Crippen LogP contribution in [-0.4, -0.2) is 36.1 Å². The van der Waals surface area contributed by atoms with Crippen molar-refractivity contribution >= 4 is 68.7 Å². The van der Waals surface area contributed by atoms with Gasteiger partial charge in [-0.1, -0.05) is 52.4 Å². The molecular weight excluding hydrogens is 467 g/mol. The molecule has 1 amide bonds. The Kier molecular flexibility index (Phi) is 7.65. The molecule has 2 N–H and O–H groups in total. The minimum atomic E-state index is -0.227. The van der Waals surface area contributed by atoms with Gasteiger partial charge in [0.1, 0.15) is 11.5 Å². The standard InChI is InChI=1S/C19H18Cl2N4O3S2/c1-10-11(20)5-4-6-13(10)23-18-24-25-19(30-18)29-9-17(26)22-14-7-12(21)15(27-2)8-16(14)28-3/h4-8H,9H2,1-3H3,(H,22,26)(H,23,24). The monoisotopic (exact) mass is 484 g/mol. The van der Waals surface area contributed by atoms with E-state index in [0.717, 1.165) is 11.3 Å². The van der Waals surface area contributed by atoms with Crippen LogP contribution in [0, 0.1) is 6.92 Å². The molecule has 0 aliphatic heterocycles. The van der Waals surface area contributed by atoms with Crippen LogP contribution < -0.4 is 20.1 Å². The smallest absolute Gasteiger partial charge is 0.234 e. The Labute approximate surface area is 192 Å². The molecule has 30 heavy (non-hydrogen) atoms. The van der Waals surface area contributed by atoms with E-state index in [2.05, 4.69) is 20.8 Å². The summed E-state index contributed by atoms with van der Waals surface area (Å²) >= 11 is 14.9. The summed E-state index contributed by atoms with van der Waals surface area (Å²) in [4.78, 5) is 12.4. The first-order valence-electron chi connectivity index (χ1n) is 8.61. The van der Waals surface area contributed by atoms with Gasteiger partial charge in [-0.05, 0) is 30.7 Å². The summed E-state index contributed by atoms with van der Waals surface area (Å²) in [7, 11) is 3.01. The maximum absolute atomic E-state index is 12.4. The molecule has 3 aromatic rings. The Balaban J connectivity index is 1.59. The normalized spacial score (nSPS) is 10.6. The third-order valence-electron chi connectivity index (χ3n) is 3.99. The van der Waals surface area contributed by atoms with Crippen molar-refractivity contribution in [2.45, 2.75) is 11.3 Å². The van der Waals surface area contributed by atoms with E-state index in [-0.39, 0.29) is 11.7 Å². The molecule has 0 atom stereocenters. The van der Waals surface area contributed by atoms with Crippen LogP contribution in [0.25, 0.3) is 0 Å². The molecule has 0 aliphatic carbocycles. The first-order valence-corrected chi connectivity index (χ1v) is 11.2. The number of rotatable bonds is 8. The number of carbonyl (C=O) groups is 1. The highest BCUT2D eigenvalue weighted by molar-refractivity contribution is 8.01. The third-order valence-corrected chi connectivity index (χ3v) is 6.67. The van der Waals surface area contributed by atoms with E-state index >= 15 is 0 Å². The maximum atomic E-state index is 12.4. The molecule has 158 valence electrons. The highest BCUT2D eigenvalue weighted by atomic mass is 35.5. The molecule has 0 unspecified atom stereocenters. The number of benzene rings is 2. The SMILES string of the molecule is COc1cc(OC)c(NC(=O)CSc2nnc(Nc3cccc(Cl)c3C)s2)cc1Cl. The van der Waals surface area contributed by atoms with Crippen molar-refractivity contribution in [2.24, 2.45) is 0 Å². The van der Waals surface area contributed by atoms with Crippen LogP contribution in [0.4, 0.5) is 16.5 Å². The molecule has 1 aromatic heterocycles. The largest absolute Gasteiger partial charge is 0.495 e. The Morgan fingerprint density at radius 2 is 1.87 bits per heavy atom. The van der Waals surface area contributed by atoms with Crippen LogP contribution in [0.1, 0.15) is 5.56 Å². The summed E-state index contributed by atoms with van der Waals surface area (Å²) in [6, 6.07) is 8.80. The van der Waals surface area contributed by atoms with E-state index in [9.17, 15) is 4.79 Å². The first-order chi connectivity index (χ1) is 14.4. The van der Waals surface area contributed by atoms with E-state index in [4.69, 9.17) is 32.7 Å². The molecular formula is C19H18Cl2N4O3S2. The van der Waals surface area contributed by atoms with Gasteiger partial charge < -0.3 is 20.1 Å². The number of hydrogen-bond acceptors (Lipinski definition) is 8. The second-order valence-corrected chi connectivity index (χ2v) is 8.95. The summed E-state index contributed by atoms with van der Waals surface area (Å²) in [5.41, 5.74) is 2.25. The average molecular weight is 485 g/mol. The molecule has 0 saturated carbocycles. The van der Waals surface area contributed by atoms with Crippen molar-refractivity contribution in [3.05, 3.63) is 45.9 Å². The van der Waals surface area contributed by atoms with Crippen molar-refractivity contribution in [1.82, 2.24) is 10.2 Å². The van der Waals surface area contributed by atoms with Gasteiger partial charge in [0, 0.05) is 16.8 Å². The first kappa shape index (κ1) is 22.5. The van der Waals surface area contributed by atoms with Crippen molar-refractivity contribution < 1.29 is 14.3 Å². The number of halogens is 2. The number of anilines is 3. The van der Waals surface area contributed by atoms with Gasteiger partial charge in [-0.3, -0.25) is 4.79 Å². The van der Waals surface area contributed by atoms with Gasteiger partial charge in [0.2, 0.25) is 11.0 Å². The second-order valence-electron chi connectivity index (χ2n) is 5.93. The second kappa shape index (κ2) is 10.2. The fraction of sp³-hybridized carbons (Fsp3) is 0.211. The zero-order valence-electron chi connectivity index (χ0n) is 16.3. The average Bonchev–Trinajstić information content (AvgIpc) is 3.17. The van der Waals surface area contributed by atoms with Gasteiger partial charge in [-0.2, -0.15) is 0 Å². The van der Waals surface area contributed by atoms with Crippen LogP contribution >= 0.6 is 46.3 Å². The Morgan fingerprint density at radius 3 is 2.60 bits per heavy atom. The minimum Gasteiger partial charge on any atom is -0.495 e. The van der Waals surface area contributed by atoms with Crippen LogP contribution in [0.2, 0.25) is 10.0 Å². The van der Waals surface area contributed by atoms with Gasteiger partial charge >= 0.3 is 0 Å². The van der Waals surface area contributed by atoms with Gasteiger partial charge in [-0.15, -0.1) is 10.2 Å². The van der Waals surface area contributed by atoms with Gasteiger partial charge in [0.05, 0.1) is 30.7 Å². The lowest BCUT2D eigenvalue weighted by Gasteiger charge is -2.12. The summed E-state index contributed by atoms with van der Waals surface area (Å²) in [5.74, 6) is 0.839. The van der Waals surface area contributed by atoms with Crippen LogP contribution in [0.5, 0.6) is 11.5 Å². The third kappa shape index (κ3) is 5.48. The lowest BCUT2D eigenvalue weighted by atomic mass is 10.2. The molecule has 0 aliphatic rings. The lowest BCUT2D eigenvalue weighted by Crippen LogP contribution is -2.14. The summed E-state index contributed by atoms with van der Waals surface area (Å²) in [6.45, 7) is 1.92. The van der Waals surface area contributed by atoms with Gasteiger partial charge in [0.25, 0.3) is 0 Å². The van der Waals surface area contributed by atoms with E-state index in [1.54, 1.807) is 12.1 Å². The molecule has 3 rings (SSSR count). The number of amides is 1. The highest BCUT2D eigenvalue weighted by Gasteiger charge is 2.14. The van der Waals surface area contributed by atoms with Crippen LogP contribution in [0.15, 0.2) is 34.7 Å².